The molecule has 0 aliphatic rings. The van der Waals surface area contributed by atoms with Crippen molar-refractivity contribution in [2.75, 3.05) is 12.0 Å². The van der Waals surface area contributed by atoms with Crippen molar-refractivity contribution in [1.29, 1.82) is 0 Å². The first-order valence-corrected chi connectivity index (χ1v) is 8.61. The number of nitrogens with zero attached hydrogens (tertiary/aromatic N) is 1. The van der Waals surface area contributed by atoms with Gasteiger partial charge in [-0.05, 0) is 42.6 Å². The molecule has 3 rings (SSSR count). The quantitative estimate of drug-likeness (QED) is 0.662. The Morgan fingerprint density at radius 2 is 1.79 bits per heavy atom. The van der Waals surface area contributed by atoms with Crippen LogP contribution in [-0.2, 0) is 6.54 Å². The van der Waals surface area contributed by atoms with Crippen LogP contribution in [0.5, 0.6) is 5.75 Å². The minimum absolute atomic E-state index is 0.0651. The van der Waals surface area contributed by atoms with Crippen LogP contribution in [0.25, 0.3) is 0 Å². The van der Waals surface area contributed by atoms with Crippen LogP contribution < -0.4 is 9.64 Å². The lowest BCUT2D eigenvalue weighted by Crippen LogP contribution is -2.30. The van der Waals surface area contributed by atoms with E-state index >= 15 is 0 Å². The zero-order chi connectivity index (χ0) is 16.9. The van der Waals surface area contributed by atoms with E-state index in [9.17, 15) is 4.79 Å². The van der Waals surface area contributed by atoms with Gasteiger partial charge in [0.1, 0.15) is 5.75 Å². The molecular weight excluding hydrogens is 318 g/mol. The largest absolute Gasteiger partial charge is 0.496 e. The zero-order valence-electron chi connectivity index (χ0n) is 13.7. The van der Waals surface area contributed by atoms with E-state index in [-0.39, 0.29) is 5.91 Å². The summed E-state index contributed by atoms with van der Waals surface area (Å²) < 4.78 is 5.36. The van der Waals surface area contributed by atoms with Crippen LogP contribution in [0.4, 0.5) is 5.69 Å². The number of aryl methyl sites for hydroxylation is 1. The van der Waals surface area contributed by atoms with Gasteiger partial charge in [0.05, 0.1) is 19.2 Å². The number of hydrogen-bond acceptors (Lipinski definition) is 3. The van der Waals surface area contributed by atoms with E-state index in [2.05, 4.69) is 0 Å². The third-order valence-corrected chi connectivity index (χ3v) is 4.68. The summed E-state index contributed by atoms with van der Waals surface area (Å²) in [4.78, 5) is 16.1. The van der Waals surface area contributed by atoms with Crippen LogP contribution in [-0.4, -0.2) is 13.0 Å². The molecule has 122 valence electrons. The van der Waals surface area contributed by atoms with E-state index in [0.717, 1.165) is 10.6 Å². The molecule has 0 aliphatic carbocycles. The number of rotatable bonds is 5. The Kier molecular flexibility index (Phi) is 4.96. The van der Waals surface area contributed by atoms with Gasteiger partial charge < -0.3 is 9.64 Å². The van der Waals surface area contributed by atoms with Crippen molar-refractivity contribution < 1.29 is 9.53 Å². The van der Waals surface area contributed by atoms with Crippen molar-refractivity contribution in [2.45, 2.75) is 13.5 Å². The summed E-state index contributed by atoms with van der Waals surface area (Å²) in [5.41, 5.74) is 2.61. The summed E-state index contributed by atoms with van der Waals surface area (Å²) in [6, 6.07) is 19.4. The first-order chi connectivity index (χ1) is 11.7. The SMILES string of the molecule is COc1ccccc1C(=O)N(Cc1cccs1)c1ccc(C)cc1. The molecule has 0 unspecified atom stereocenters. The van der Waals surface area contributed by atoms with Gasteiger partial charge in [0.25, 0.3) is 5.91 Å². The molecule has 0 saturated heterocycles. The average molecular weight is 337 g/mol. The average Bonchev–Trinajstić information content (AvgIpc) is 3.13. The Balaban J connectivity index is 2.00. The standard InChI is InChI=1S/C20H19NO2S/c1-15-9-11-16(12-10-15)21(14-17-6-5-13-24-17)20(22)18-7-3-4-8-19(18)23-2/h3-13H,14H2,1-2H3. The lowest BCUT2D eigenvalue weighted by Gasteiger charge is -2.23. The fraction of sp³-hybridized carbons (Fsp3) is 0.150. The van der Waals surface area contributed by atoms with Gasteiger partial charge >= 0.3 is 0 Å². The predicted octanol–water partition coefficient (Wildman–Crippen LogP) is 4.91. The summed E-state index contributed by atoms with van der Waals surface area (Å²) in [5, 5.41) is 2.02. The van der Waals surface area contributed by atoms with E-state index in [1.54, 1.807) is 29.4 Å². The number of carbonyl (C=O) groups is 1. The van der Waals surface area contributed by atoms with Crippen molar-refractivity contribution in [3.8, 4) is 5.75 Å². The van der Waals surface area contributed by atoms with Crippen molar-refractivity contribution in [1.82, 2.24) is 0 Å². The molecule has 24 heavy (non-hydrogen) atoms. The highest BCUT2D eigenvalue weighted by Crippen LogP contribution is 2.26. The Hall–Kier alpha value is -2.59. The van der Waals surface area contributed by atoms with Crippen LogP contribution in [0, 0.1) is 6.92 Å². The number of ether oxygens (including phenoxy) is 1. The number of methoxy groups -OCH3 is 1. The molecule has 4 heteroatoms. The molecule has 0 radical (unpaired) electrons. The Morgan fingerprint density at radius 1 is 1.04 bits per heavy atom. The molecule has 2 aromatic carbocycles. The molecule has 0 aliphatic heterocycles. The lowest BCUT2D eigenvalue weighted by molar-refractivity contribution is 0.0982. The van der Waals surface area contributed by atoms with E-state index in [4.69, 9.17) is 4.74 Å². The summed E-state index contributed by atoms with van der Waals surface area (Å²) in [5.74, 6) is 0.524. The second kappa shape index (κ2) is 7.32. The fourth-order valence-electron chi connectivity index (χ4n) is 2.53. The third kappa shape index (κ3) is 3.49. The number of thiophene rings is 1. The number of para-hydroxylation sites is 1. The van der Waals surface area contributed by atoms with Gasteiger partial charge in [-0.1, -0.05) is 35.9 Å². The zero-order valence-corrected chi connectivity index (χ0v) is 14.5. The van der Waals surface area contributed by atoms with Crippen molar-refractivity contribution >= 4 is 22.9 Å². The maximum absolute atomic E-state index is 13.2. The van der Waals surface area contributed by atoms with Crippen LogP contribution in [0.15, 0.2) is 66.0 Å². The molecule has 0 spiro atoms. The molecule has 3 aromatic rings. The van der Waals surface area contributed by atoms with Crippen LogP contribution in [0.1, 0.15) is 20.8 Å². The molecule has 0 bridgehead atoms. The fourth-order valence-corrected chi connectivity index (χ4v) is 3.22. The van der Waals surface area contributed by atoms with Gasteiger partial charge in [0.2, 0.25) is 0 Å². The van der Waals surface area contributed by atoms with Gasteiger partial charge in [-0.3, -0.25) is 4.79 Å². The van der Waals surface area contributed by atoms with E-state index < -0.39 is 0 Å². The number of hydrogen-bond donors (Lipinski definition) is 0. The van der Waals surface area contributed by atoms with E-state index in [1.807, 2.05) is 66.9 Å². The molecule has 0 fully saturated rings. The second-order valence-electron chi connectivity index (χ2n) is 5.51. The summed E-state index contributed by atoms with van der Waals surface area (Å²) in [7, 11) is 1.58. The second-order valence-corrected chi connectivity index (χ2v) is 6.54. The highest BCUT2D eigenvalue weighted by molar-refractivity contribution is 7.09. The lowest BCUT2D eigenvalue weighted by atomic mass is 10.1. The van der Waals surface area contributed by atoms with Crippen LogP contribution in [0.2, 0.25) is 0 Å². The monoisotopic (exact) mass is 337 g/mol. The molecule has 1 aromatic heterocycles. The molecule has 1 heterocycles. The highest BCUT2D eigenvalue weighted by atomic mass is 32.1. The molecule has 0 N–H and O–H groups in total. The van der Waals surface area contributed by atoms with Crippen molar-refractivity contribution in [3.05, 3.63) is 82.0 Å². The van der Waals surface area contributed by atoms with Gasteiger partial charge in [-0.15, -0.1) is 11.3 Å². The molecular formula is C20H19NO2S. The van der Waals surface area contributed by atoms with Crippen LogP contribution in [0.3, 0.4) is 0 Å². The van der Waals surface area contributed by atoms with Gasteiger partial charge in [-0.25, -0.2) is 0 Å². The van der Waals surface area contributed by atoms with E-state index in [0.29, 0.717) is 17.9 Å². The predicted molar refractivity (Wildman–Crippen MR) is 99.0 cm³/mol. The minimum Gasteiger partial charge on any atom is -0.496 e. The first-order valence-electron chi connectivity index (χ1n) is 7.73. The maximum atomic E-state index is 13.2. The topological polar surface area (TPSA) is 29.5 Å². The first kappa shape index (κ1) is 16.3. The Bertz CT molecular complexity index is 810. The van der Waals surface area contributed by atoms with Crippen LogP contribution >= 0.6 is 11.3 Å². The maximum Gasteiger partial charge on any atom is 0.262 e. The molecule has 0 saturated carbocycles. The van der Waals surface area contributed by atoms with Gasteiger partial charge in [-0.2, -0.15) is 0 Å². The van der Waals surface area contributed by atoms with Crippen molar-refractivity contribution in [3.63, 3.8) is 0 Å². The number of benzene rings is 2. The number of amides is 1. The van der Waals surface area contributed by atoms with Gasteiger partial charge in [0, 0.05) is 10.6 Å². The Morgan fingerprint density at radius 3 is 2.46 bits per heavy atom. The summed E-state index contributed by atoms with van der Waals surface area (Å²) >= 11 is 1.65. The van der Waals surface area contributed by atoms with E-state index in [1.165, 1.54) is 5.56 Å². The summed E-state index contributed by atoms with van der Waals surface area (Å²) in [6.45, 7) is 2.58. The number of carbonyl (C=O) groups excluding carboxylic acids is 1. The number of anilines is 1. The molecule has 0 atom stereocenters. The Labute approximate surface area is 146 Å². The highest BCUT2D eigenvalue weighted by Gasteiger charge is 2.21. The van der Waals surface area contributed by atoms with Gasteiger partial charge in [0.15, 0.2) is 0 Å². The minimum atomic E-state index is -0.0651. The third-order valence-electron chi connectivity index (χ3n) is 3.82. The smallest absolute Gasteiger partial charge is 0.262 e. The normalized spacial score (nSPS) is 10.4. The molecule has 3 nitrogen and oxygen atoms in total. The van der Waals surface area contributed by atoms with Crippen molar-refractivity contribution in [2.24, 2.45) is 0 Å². The molecule has 1 amide bonds. The summed E-state index contributed by atoms with van der Waals surface area (Å²) in [6.07, 6.45) is 0.